The average Bonchev–Trinajstić information content (AvgIpc) is 2.86. The molecular weight excluding hydrogens is 386 g/mol. The van der Waals surface area contributed by atoms with Crippen LogP contribution in [0.25, 0.3) is 21.9 Å². The van der Waals surface area contributed by atoms with Gasteiger partial charge in [-0.1, -0.05) is 0 Å². The van der Waals surface area contributed by atoms with Crippen molar-refractivity contribution in [1.82, 2.24) is 18.4 Å². The van der Waals surface area contributed by atoms with Crippen LogP contribution in [-0.4, -0.2) is 54.2 Å². The molecule has 0 atom stereocenters. The number of fused-ring (bicyclic) bond motifs is 3. The quantitative estimate of drug-likeness (QED) is 0.637. The lowest BCUT2D eigenvalue weighted by atomic mass is 10.0. The molecule has 4 rings (SSSR count). The Morgan fingerprint density at radius 3 is 2.46 bits per heavy atom. The molecule has 0 aliphatic carbocycles. The lowest BCUT2D eigenvalue weighted by molar-refractivity contribution is 0.180. The highest BCUT2D eigenvalue weighted by atomic mass is 32.2. The van der Waals surface area contributed by atoms with Crippen molar-refractivity contribution in [1.29, 1.82) is 0 Å². The molecule has 0 saturated carbocycles. The third-order valence-electron chi connectivity index (χ3n) is 5.20. The molecule has 1 aromatic carbocycles. The van der Waals surface area contributed by atoms with Crippen LogP contribution in [-0.2, 0) is 23.8 Å². The van der Waals surface area contributed by atoms with Crippen LogP contribution in [0.3, 0.4) is 0 Å². The second-order valence-corrected chi connectivity index (χ2v) is 8.44. The van der Waals surface area contributed by atoms with Crippen LogP contribution in [0.5, 0.6) is 11.5 Å². The van der Waals surface area contributed by atoms with Gasteiger partial charge in [-0.2, -0.15) is 12.7 Å². The maximum atomic E-state index is 12.8. The summed E-state index contributed by atoms with van der Waals surface area (Å²) in [7, 11) is 1.09. The first-order valence-electron chi connectivity index (χ1n) is 8.62. The van der Waals surface area contributed by atoms with Crippen LogP contribution >= 0.6 is 0 Å². The van der Waals surface area contributed by atoms with Gasteiger partial charge < -0.3 is 9.47 Å². The molecule has 2 N–H and O–H groups in total. The van der Waals surface area contributed by atoms with E-state index in [2.05, 4.69) is 4.98 Å². The van der Waals surface area contributed by atoms with Crippen LogP contribution in [0, 0.1) is 5.92 Å². The molecule has 1 aliphatic heterocycles. The van der Waals surface area contributed by atoms with Gasteiger partial charge in [0.2, 0.25) is 0 Å². The van der Waals surface area contributed by atoms with E-state index in [1.807, 2.05) is 0 Å². The second kappa shape index (κ2) is 6.47. The van der Waals surface area contributed by atoms with E-state index >= 15 is 0 Å². The van der Waals surface area contributed by atoms with E-state index in [-0.39, 0.29) is 11.6 Å². The van der Waals surface area contributed by atoms with Crippen LogP contribution in [0.4, 0.5) is 0 Å². The molecule has 1 aliphatic rings. The largest absolute Gasteiger partial charge is 0.493 e. The van der Waals surface area contributed by atoms with Crippen molar-refractivity contribution >= 4 is 32.1 Å². The molecule has 11 heteroatoms. The van der Waals surface area contributed by atoms with E-state index in [1.54, 1.807) is 44.2 Å². The minimum absolute atomic E-state index is 0.00462. The zero-order valence-corrected chi connectivity index (χ0v) is 16.6. The summed E-state index contributed by atoms with van der Waals surface area (Å²) in [6, 6.07) is 3.57. The molecule has 0 radical (unpaired) electrons. The summed E-state index contributed by atoms with van der Waals surface area (Å²) >= 11 is 0. The first-order chi connectivity index (χ1) is 13.2. The van der Waals surface area contributed by atoms with Gasteiger partial charge in [-0.25, -0.2) is 9.93 Å². The van der Waals surface area contributed by atoms with Crippen molar-refractivity contribution in [3.63, 3.8) is 0 Å². The Morgan fingerprint density at radius 2 is 1.86 bits per heavy atom. The number of nitrogens with two attached hydrogens (primary N) is 1. The van der Waals surface area contributed by atoms with Gasteiger partial charge in [0.1, 0.15) is 0 Å². The molecule has 2 aromatic heterocycles. The number of hydrogen-bond acceptors (Lipinski definition) is 6. The van der Waals surface area contributed by atoms with Gasteiger partial charge in [0.05, 0.1) is 37.0 Å². The van der Waals surface area contributed by atoms with Crippen LogP contribution < -0.4 is 20.3 Å². The van der Waals surface area contributed by atoms with Gasteiger partial charge in [-0.3, -0.25) is 14.1 Å². The molecule has 3 heterocycles. The van der Waals surface area contributed by atoms with Gasteiger partial charge in [-0.05, 0) is 6.07 Å². The number of pyridine rings is 1. The summed E-state index contributed by atoms with van der Waals surface area (Å²) < 4.78 is 37.9. The summed E-state index contributed by atoms with van der Waals surface area (Å²) in [5.41, 5.74) is 1.90. The highest BCUT2D eigenvalue weighted by Gasteiger charge is 2.34. The van der Waals surface area contributed by atoms with Gasteiger partial charge in [0.15, 0.2) is 11.5 Å². The number of nitrogens with zero attached hydrogens (tertiary/aromatic N) is 4. The van der Waals surface area contributed by atoms with Gasteiger partial charge in [-0.15, -0.1) is 0 Å². The summed E-state index contributed by atoms with van der Waals surface area (Å²) in [6.45, 7) is 0.972. The van der Waals surface area contributed by atoms with E-state index < -0.39 is 10.2 Å². The number of imidazole rings is 1. The smallest absolute Gasteiger partial charge is 0.328 e. The zero-order chi connectivity index (χ0) is 20.2. The molecule has 0 unspecified atom stereocenters. The fourth-order valence-corrected chi connectivity index (χ4v) is 4.51. The number of rotatable bonds is 5. The second-order valence-electron chi connectivity index (χ2n) is 6.90. The monoisotopic (exact) mass is 407 g/mol. The maximum Gasteiger partial charge on any atom is 0.328 e. The number of methoxy groups -OCH3 is 2. The summed E-state index contributed by atoms with van der Waals surface area (Å²) in [4.78, 5) is 17.3. The Hall–Kier alpha value is -2.63. The number of benzene rings is 1. The molecule has 3 aromatic rings. The Bertz CT molecular complexity index is 1240. The first kappa shape index (κ1) is 18.7. The highest BCUT2D eigenvalue weighted by molar-refractivity contribution is 7.86. The lowest BCUT2D eigenvalue weighted by Crippen LogP contribution is -2.54. The minimum Gasteiger partial charge on any atom is -0.493 e. The Labute approximate surface area is 161 Å². The van der Waals surface area contributed by atoms with Crippen LogP contribution in [0.1, 0.15) is 0 Å². The molecular formula is C17H21N5O5S. The van der Waals surface area contributed by atoms with E-state index in [9.17, 15) is 13.2 Å². The maximum absolute atomic E-state index is 12.8. The van der Waals surface area contributed by atoms with Gasteiger partial charge in [0.25, 0.3) is 10.2 Å². The molecule has 0 amide bonds. The predicted molar refractivity (Wildman–Crippen MR) is 104 cm³/mol. The SMILES string of the molecule is COc1cc2ncc3c(c2cc1OC)n(CC1CN(S(N)(=O)=O)C1)c(=O)n3C. The van der Waals surface area contributed by atoms with Crippen molar-refractivity contribution in [2.75, 3.05) is 27.3 Å². The number of aryl methyl sites for hydroxylation is 1. The Kier molecular flexibility index (Phi) is 4.32. The van der Waals surface area contributed by atoms with Gasteiger partial charge in [0, 0.05) is 44.1 Å². The molecule has 150 valence electrons. The third kappa shape index (κ3) is 2.82. The van der Waals surface area contributed by atoms with E-state index in [4.69, 9.17) is 14.6 Å². The minimum atomic E-state index is -3.69. The summed E-state index contributed by atoms with van der Waals surface area (Å²) in [6.07, 6.45) is 1.65. The van der Waals surface area contributed by atoms with Crippen LogP contribution in [0.2, 0.25) is 0 Å². The fraction of sp³-hybridized carbons (Fsp3) is 0.412. The molecule has 1 fully saturated rings. The zero-order valence-electron chi connectivity index (χ0n) is 15.7. The molecule has 0 bridgehead atoms. The van der Waals surface area contributed by atoms with Crippen molar-refractivity contribution in [2.45, 2.75) is 6.54 Å². The summed E-state index contributed by atoms with van der Waals surface area (Å²) in [5.74, 6) is 1.09. The number of ether oxygens (including phenoxy) is 2. The molecule has 10 nitrogen and oxygen atoms in total. The molecule has 1 saturated heterocycles. The van der Waals surface area contributed by atoms with Crippen molar-refractivity contribution in [3.05, 3.63) is 28.8 Å². The third-order valence-corrected chi connectivity index (χ3v) is 6.22. The van der Waals surface area contributed by atoms with Crippen molar-refractivity contribution in [3.8, 4) is 11.5 Å². The van der Waals surface area contributed by atoms with E-state index in [0.29, 0.717) is 42.2 Å². The van der Waals surface area contributed by atoms with Crippen molar-refractivity contribution < 1.29 is 17.9 Å². The van der Waals surface area contributed by atoms with Crippen molar-refractivity contribution in [2.24, 2.45) is 18.1 Å². The normalized spacial score (nSPS) is 15.9. The first-order valence-corrected chi connectivity index (χ1v) is 10.1. The average molecular weight is 407 g/mol. The lowest BCUT2D eigenvalue weighted by Gasteiger charge is -2.36. The highest BCUT2D eigenvalue weighted by Crippen LogP contribution is 2.34. The van der Waals surface area contributed by atoms with E-state index in [0.717, 1.165) is 10.9 Å². The number of aromatic nitrogens is 3. The fourth-order valence-electron chi connectivity index (χ4n) is 3.68. The van der Waals surface area contributed by atoms with E-state index in [1.165, 1.54) is 8.87 Å². The molecule has 0 spiro atoms. The molecule has 28 heavy (non-hydrogen) atoms. The Morgan fingerprint density at radius 1 is 1.21 bits per heavy atom. The topological polar surface area (TPSA) is 122 Å². The van der Waals surface area contributed by atoms with Gasteiger partial charge >= 0.3 is 5.69 Å². The predicted octanol–water partition coefficient (Wildman–Crippen LogP) is 0.0407. The standard InChI is InChI=1S/C17H21N5O5S/c1-20-13-6-19-12-5-15(27-3)14(26-2)4-11(12)16(13)22(17(20)23)9-10-7-21(8-10)28(18,24)25/h4-6,10H,7-9H2,1-3H3,(H2,18,24,25). The Balaban J connectivity index is 1.85. The number of hydrogen-bond donors (Lipinski definition) is 1. The van der Waals surface area contributed by atoms with Crippen LogP contribution in [0.15, 0.2) is 23.1 Å². The summed E-state index contributed by atoms with van der Waals surface area (Å²) in [5, 5.41) is 5.91.